The van der Waals surface area contributed by atoms with Crippen molar-refractivity contribution in [3.05, 3.63) is 22.2 Å². The Bertz CT molecular complexity index is 420. The molecule has 2 rings (SSSR count). The van der Waals surface area contributed by atoms with Crippen LogP contribution in [0.2, 0.25) is 0 Å². The van der Waals surface area contributed by atoms with Crippen molar-refractivity contribution in [1.29, 1.82) is 0 Å². The van der Waals surface area contributed by atoms with Crippen LogP contribution in [0.15, 0.2) is 16.6 Å². The third-order valence-corrected chi connectivity index (χ3v) is 4.45. The Morgan fingerprint density at radius 3 is 3.00 bits per heavy atom. The van der Waals surface area contributed by atoms with E-state index in [-0.39, 0.29) is 0 Å². The van der Waals surface area contributed by atoms with E-state index in [9.17, 15) is 0 Å². The Hall–Kier alpha value is -0.740. The molecule has 1 unspecified atom stereocenters. The highest BCUT2D eigenvalue weighted by atomic mass is 79.9. The third kappa shape index (κ3) is 2.98. The lowest BCUT2D eigenvalue weighted by atomic mass is 10.1. The second kappa shape index (κ2) is 5.93. The maximum absolute atomic E-state index is 5.89. The number of aryl methyl sites for hydroxylation is 1. The smallest absolute Gasteiger partial charge is 0.0489 e. The molecule has 1 heterocycles. The summed E-state index contributed by atoms with van der Waals surface area (Å²) in [5, 5.41) is 3.54. The van der Waals surface area contributed by atoms with Crippen LogP contribution in [-0.4, -0.2) is 30.6 Å². The number of nitrogen functional groups attached to an aromatic ring is 1. The van der Waals surface area contributed by atoms with Crippen LogP contribution < -0.4 is 11.1 Å². The summed E-state index contributed by atoms with van der Waals surface area (Å²) >= 11 is 3.57. The van der Waals surface area contributed by atoms with Crippen LogP contribution in [0.25, 0.3) is 0 Å². The average Bonchev–Trinajstić information content (AvgIpc) is 2.79. The van der Waals surface area contributed by atoms with Crippen LogP contribution in [0.1, 0.15) is 25.3 Å². The molecule has 1 aromatic rings. The summed E-state index contributed by atoms with van der Waals surface area (Å²) in [5.41, 5.74) is 8.99. The molecule has 0 amide bonds. The van der Waals surface area contributed by atoms with Crippen molar-refractivity contribution in [1.82, 2.24) is 4.90 Å². The minimum Gasteiger partial charge on any atom is -0.398 e. The largest absolute Gasteiger partial charge is 0.398 e. The van der Waals surface area contributed by atoms with Gasteiger partial charge in [-0.25, -0.2) is 0 Å². The first-order chi connectivity index (χ1) is 8.61. The SMILES string of the molecule is CCN1CCCC1CNc1cc(C)c(N)cc1Br. The highest BCUT2D eigenvalue weighted by Crippen LogP contribution is 2.28. The molecular weight excluding hydrogens is 290 g/mol. The van der Waals surface area contributed by atoms with E-state index in [0.29, 0.717) is 6.04 Å². The molecule has 0 saturated carbocycles. The lowest BCUT2D eigenvalue weighted by Crippen LogP contribution is -2.34. The fraction of sp³-hybridized carbons (Fsp3) is 0.571. The Morgan fingerprint density at radius 1 is 1.50 bits per heavy atom. The van der Waals surface area contributed by atoms with Gasteiger partial charge in [-0.15, -0.1) is 0 Å². The van der Waals surface area contributed by atoms with Gasteiger partial charge in [0.25, 0.3) is 0 Å². The van der Waals surface area contributed by atoms with E-state index in [2.05, 4.69) is 39.1 Å². The zero-order valence-electron chi connectivity index (χ0n) is 11.2. The van der Waals surface area contributed by atoms with Crippen molar-refractivity contribution < 1.29 is 0 Å². The molecule has 1 aromatic carbocycles. The fourth-order valence-electron chi connectivity index (χ4n) is 2.60. The number of hydrogen-bond donors (Lipinski definition) is 2. The maximum Gasteiger partial charge on any atom is 0.0489 e. The van der Waals surface area contributed by atoms with Gasteiger partial charge in [-0.05, 0) is 66.5 Å². The highest BCUT2D eigenvalue weighted by Gasteiger charge is 2.22. The minimum absolute atomic E-state index is 0.666. The van der Waals surface area contributed by atoms with Gasteiger partial charge in [0.05, 0.1) is 0 Å². The molecule has 0 aliphatic carbocycles. The van der Waals surface area contributed by atoms with Gasteiger partial charge in [0.15, 0.2) is 0 Å². The van der Waals surface area contributed by atoms with Crippen molar-refractivity contribution in [2.24, 2.45) is 0 Å². The highest BCUT2D eigenvalue weighted by molar-refractivity contribution is 9.10. The normalized spacial score (nSPS) is 20.3. The lowest BCUT2D eigenvalue weighted by molar-refractivity contribution is 0.277. The number of hydrogen-bond acceptors (Lipinski definition) is 3. The summed E-state index contributed by atoms with van der Waals surface area (Å²) in [4.78, 5) is 2.55. The number of nitrogens with two attached hydrogens (primary N) is 1. The van der Waals surface area contributed by atoms with E-state index in [1.165, 1.54) is 19.4 Å². The van der Waals surface area contributed by atoms with Crippen molar-refractivity contribution in [3.8, 4) is 0 Å². The average molecular weight is 312 g/mol. The van der Waals surface area contributed by atoms with Gasteiger partial charge in [0.1, 0.15) is 0 Å². The van der Waals surface area contributed by atoms with E-state index >= 15 is 0 Å². The first-order valence-corrected chi connectivity index (χ1v) is 7.44. The molecule has 1 saturated heterocycles. The van der Waals surface area contributed by atoms with Crippen LogP contribution in [0, 0.1) is 6.92 Å². The predicted octanol–water partition coefficient (Wildman–Crippen LogP) is 3.24. The van der Waals surface area contributed by atoms with Crippen LogP contribution in [-0.2, 0) is 0 Å². The summed E-state index contributed by atoms with van der Waals surface area (Å²) < 4.78 is 1.05. The molecule has 1 fully saturated rings. The van der Waals surface area contributed by atoms with Gasteiger partial charge in [-0.2, -0.15) is 0 Å². The van der Waals surface area contributed by atoms with Gasteiger partial charge in [0.2, 0.25) is 0 Å². The molecular formula is C14H22BrN3. The van der Waals surface area contributed by atoms with Gasteiger partial charge >= 0.3 is 0 Å². The van der Waals surface area contributed by atoms with E-state index in [0.717, 1.165) is 34.5 Å². The monoisotopic (exact) mass is 311 g/mol. The molecule has 0 spiro atoms. The number of likely N-dealkylation sites (N-methyl/N-ethyl adjacent to an activating group) is 1. The Kier molecular flexibility index (Phi) is 4.51. The predicted molar refractivity (Wildman–Crippen MR) is 82.1 cm³/mol. The van der Waals surface area contributed by atoms with Gasteiger partial charge in [-0.3, -0.25) is 4.90 Å². The number of anilines is 2. The lowest BCUT2D eigenvalue weighted by Gasteiger charge is -2.24. The molecule has 3 N–H and O–H groups in total. The molecule has 0 aromatic heterocycles. The summed E-state index contributed by atoms with van der Waals surface area (Å²) in [6, 6.07) is 4.76. The van der Waals surface area contributed by atoms with Crippen molar-refractivity contribution in [2.45, 2.75) is 32.7 Å². The fourth-order valence-corrected chi connectivity index (χ4v) is 3.10. The topological polar surface area (TPSA) is 41.3 Å². The second-order valence-corrected chi connectivity index (χ2v) is 5.85. The van der Waals surface area contributed by atoms with Crippen LogP contribution in [0.4, 0.5) is 11.4 Å². The molecule has 1 aliphatic rings. The summed E-state index contributed by atoms with van der Waals surface area (Å²) in [5.74, 6) is 0. The van der Waals surface area contributed by atoms with Crippen molar-refractivity contribution in [2.75, 3.05) is 30.7 Å². The second-order valence-electron chi connectivity index (χ2n) is 4.99. The Labute approximate surface area is 118 Å². The Balaban J connectivity index is 2.00. The Morgan fingerprint density at radius 2 is 2.28 bits per heavy atom. The van der Waals surface area contributed by atoms with E-state index in [1.807, 2.05) is 13.0 Å². The van der Waals surface area contributed by atoms with Gasteiger partial charge in [-0.1, -0.05) is 6.92 Å². The zero-order chi connectivity index (χ0) is 13.1. The number of halogens is 1. The number of likely N-dealkylation sites (tertiary alicyclic amines) is 1. The standard InChI is InChI=1S/C14H22BrN3/c1-3-18-6-4-5-11(18)9-17-14-7-10(2)13(16)8-12(14)15/h7-8,11,17H,3-6,9,16H2,1-2H3. The van der Waals surface area contributed by atoms with Crippen LogP contribution >= 0.6 is 15.9 Å². The maximum atomic E-state index is 5.89. The van der Waals surface area contributed by atoms with Crippen LogP contribution in [0.3, 0.4) is 0 Å². The molecule has 0 bridgehead atoms. The molecule has 18 heavy (non-hydrogen) atoms. The van der Waals surface area contributed by atoms with Gasteiger partial charge in [0, 0.05) is 28.4 Å². The first kappa shape index (κ1) is 13.7. The number of rotatable bonds is 4. The van der Waals surface area contributed by atoms with E-state index < -0.39 is 0 Å². The summed E-state index contributed by atoms with van der Waals surface area (Å²) in [7, 11) is 0. The molecule has 3 nitrogen and oxygen atoms in total. The van der Waals surface area contributed by atoms with Gasteiger partial charge < -0.3 is 11.1 Å². The molecule has 4 heteroatoms. The van der Waals surface area contributed by atoms with Crippen molar-refractivity contribution >= 4 is 27.3 Å². The molecule has 0 radical (unpaired) electrons. The quantitative estimate of drug-likeness (QED) is 0.839. The summed E-state index contributed by atoms with van der Waals surface area (Å²) in [6.45, 7) is 7.68. The van der Waals surface area contributed by atoms with E-state index in [4.69, 9.17) is 5.73 Å². The number of benzene rings is 1. The molecule has 100 valence electrons. The van der Waals surface area contributed by atoms with Crippen LogP contribution in [0.5, 0.6) is 0 Å². The van der Waals surface area contributed by atoms with Crippen molar-refractivity contribution in [3.63, 3.8) is 0 Å². The third-order valence-electron chi connectivity index (χ3n) is 3.79. The van der Waals surface area contributed by atoms with E-state index in [1.54, 1.807) is 0 Å². The molecule has 1 aliphatic heterocycles. The number of nitrogens with zero attached hydrogens (tertiary/aromatic N) is 1. The first-order valence-electron chi connectivity index (χ1n) is 6.65. The zero-order valence-corrected chi connectivity index (χ0v) is 12.8. The summed E-state index contributed by atoms with van der Waals surface area (Å²) in [6.07, 6.45) is 2.62. The minimum atomic E-state index is 0.666. The molecule has 1 atom stereocenters. The number of nitrogens with one attached hydrogen (secondary N) is 1.